The number of unbranched alkanes of at least 4 members (excludes halogenated alkanes) is 1. The van der Waals surface area contributed by atoms with Crippen LogP contribution in [0.4, 0.5) is 0 Å². The van der Waals surface area contributed by atoms with Crippen molar-refractivity contribution < 1.29 is 19.2 Å². The van der Waals surface area contributed by atoms with E-state index in [0.717, 1.165) is 12.8 Å². The van der Waals surface area contributed by atoms with E-state index in [9.17, 15) is 4.57 Å². The summed E-state index contributed by atoms with van der Waals surface area (Å²) < 4.78 is 10.6. The van der Waals surface area contributed by atoms with Crippen molar-refractivity contribution in [2.75, 3.05) is 0 Å². The summed E-state index contributed by atoms with van der Waals surface area (Å²) in [5, 5.41) is -0.831. The van der Waals surface area contributed by atoms with Gasteiger partial charge in [-0.3, -0.25) is 4.57 Å². The quantitative estimate of drug-likeness (QED) is 0.584. The molecule has 2 unspecified atom stereocenters. The maximum absolute atomic E-state index is 10.6. The fourth-order valence-electron chi connectivity index (χ4n) is 0.705. The van der Waals surface area contributed by atoms with Gasteiger partial charge < -0.3 is 14.7 Å². The summed E-state index contributed by atoms with van der Waals surface area (Å²) in [5.74, 6) is 0. The molecule has 0 aliphatic carbocycles. The monoisotopic (exact) mass is 200 g/mol. The van der Waals surface area contributed by atoms with Gasteiger partial charge in [-0.2, -0.15) is 0 Å². The summed E-state index contributed by atoms with van der Waals surface area (Å²) in [7, 11) is -4.70. The molecule has 6 heteroatoms. The molecule has 0 fully saturated rings. The maximum atomic E-state index is 10.6. The third kappa shape index (κ3) is 4.89. The molecule has 68 valence electrons. The van der Waals surface area contributed by atoms with Crippen molar-refractivity contribution >= 4 is 16.4 Å². The zero-order valence-corrected chi connectivity index (χ0v) is 8.29. The van der Waals surface area contributed by atoms with Crippen molar-refractivity contribution in [1.29, 1.82) is 0 Å². The fraction of sp³-hybridized carbons (Fsp3) is 1.00. The predicted octanol–water partition coefficient (Wildman–Crippen LogP) is 1.27. The van der Waals surface area contributed by atoms with Crippen LogP contribution in [-0.2, 0) is 4.57 Å². The van der Waals surface area contributed by atoms with Gasteiger partial charge in [0.2, 0.25) is 0 Å². The van der Waals surface area contributed by atoms with Gasteiger partial charge in [0.05, 0.1) is 0 Å². The Labute approximate surface area is 68.0 Å². The minimum atomic E-state index is -4.04. The van der Waals surface area contributed by atoms with Gasteiger partial charge in [-0.15, -0.1) is 0 Å². The molecule has 0 aliphatic rings. The SMILES string of the molecule is CCCCC(PO)P(=O)(O)O. The lowest BCUT2D eigenvalue weighted by Gasteiger charge is -2.14. The highest BCUT2D eigenvalue weighted by Crippen LogP contribution is 2.50. The molecule has 0 heterocycles. The molecule has 0 rings (SSSR count). The highest BCUT2D eigenvalue weighted by Gasteiger charge is 2.27. The largest absolute Gasteiger partial charge is 0.376 e. The molecule has 0 aromatic heterocycles. The van der Waals surface area contributed by atoms with Gasteiger partial charge in [0.15, 0.2) is 0 Å². The summed E-state index contributed by atoms with van der Waals surface area (Å²) in [5.41, 5.74) is 0. The average Bonchev–Trinajstić information content (AvgIpc) is 1.87. The number of rotatable bonds is 5. The van der Waals surface area contributed by atoms with E-state index in [-0.39, 0.29) is 0 Å². The molecule has 0 bridgehead atoms. The van der Waals surface area contributed by atoms with Gasteiger partial charge in [0.25, 0.3) is 0 Å². The van der Waals surface area contributed by atoms with Crippen LogP contribution in [0, 0.1) is 0 Å². The van der Waals surface area contributed by atoms with Gasteiger partial charge in [-0.25, -0.2) is 0 Å². The Morgan fingerprint density at radius 3 is 2.36 bits per heavy atom. The molecule has 0 aromatic rings. The Balaban J connectivity index is 3.86. The second-order valence-corrected chi connectivity index (χ2v) is 5.62. The molecule has 3 N–H and O–H groups in total. The van der Waals surface area contributed by atoms with Crippen molar-refractivity contribution in [3.05, 3.63) is 0 Å². The summed E-state index contributed by atoms with van der Waals surface area (Å²) in [6.07, 6.45) is 2.06. The lowest BCUT2D eigenvalue weighted by Crippen LogP contribution is -2.00. The minimum Gasteiger partial charge on any atom is -0.376 e. The van der Waals surface area contributed by atoms with E-state index in [1.54, 1.807) is 0 Å². The first-order valence-electron chi connectivity index (χ1n) is 3.47. The highest BCUT2D eigenvalue weighted by molar-refractivity contribution is 7.63. The van der Waals surface area contributed by atoms with E-state index < -0.39 is 21.8 Å². The van der Waals surface area contributed by atoms with Crippen LogP contribution in [0.15, 0.2) is 0 Å². The van der Waals surface area contributed by atoms with E-state index in [0.29, 0.717) is 6.42 Å². The lowest BCUT2D eigenvalue weighted by molar-refractivity contribution is 0.365. The predicted molar refractivity (Wildman–Crippen MR) is 45.9 cm³/mol. The van der Waals surface area contributed by atoms with Crippen LogP contribution < -0.4 is 0 Å². The topological polar surface area (TPSA) is 77.8 Å². The second-order valence-electron chi connectivity index (χ2n) is 2.38. The standard InChI is InChI=1S/C5H14O4P2/c1-2-3-4-5(10-6)11(7,8)9/h5-6,10H,2-4H2,1H3,(H2,7,8,9). The first-order valence-corrected chi connectivity index (χ1v) is 6.17. The van der Waals surface area contributed by atoms with Crippen molar-refractivity contribution in [2.45, 2.75) is 31.6 Å². The molecule has 4 nitrogen and oxygen atoms in total. The zero-order chi connectivity index (χ0) is 8.91. The van der Waals surface area contributed by atoms with Crippen LogP contribution in [0.3, 0.4) is 0 Å². The first kappa shape index (κ1) is 11.5. The Kier molecular flexibility index (Phi) is 5.49. The minimum absolute atomic E-state index is 0.412. The smallest absolute Gasteiger partial charge is 0.334 e. The van der Waals surface area contributed by atoms with Gasteiger partial charge in [-0.05, 0) is 6.42 Å². The summed E-state index contributed by atoms with van der Waals surface area (Å²) >= 11 is 0. The van der Waals surface area contributed by atoms with E-state index in [1.165, 1.54) is 0 Å². The van der Waals surface area contributed by atoms with Crippen LogP contribution in [0.25, 0.3) is 0 Å². The van der Waals surface area contributed by atoms with Gasteiger partial charge in [0.1, 0.15) is 5.40 Å². The summed E-state index contributed by atoms with van der Waals surface area (Å²) in [6.45, 7) is 1.94. The molecule has 0 spiro atoms. The summed E-state index contributed by atoms with van der Waals surface area (Å²) in [6, 6.07) is 0. The van der Waals surface area contributed by atoms with E-state index in [1.807, 2.05) is 6.92 Å². The Hall–Kier alpha value is 0.540. The van der Waals surface area contributed by atoms with Gasteiger partial charge >= 0.3 is 7.60 Å². The molecule has 0 saturated heterocycles. The average molecular weight is 200 g/mol. The maximum Gasteiger partial charge on any atom is 0.334 e. The third-order valence-corrected chi connectivity index (χ3v) is 4.40. The molecule has 2 atom stereocenters. The lowest BCUT2D eigenvalue weighted by atomic mass is 10.3. The van der Waals surface area contributed by atoms with Crippen molar-refractivity contribution in [3.63, 3.8) is 0 Å². The van der Waals surface area contributed by atoms with Crippen molar-refractivity contribution in [3.8, 4) is 0 Å². The molecular formula is C5H14O4P2. The van der Waals surface area contributed by atoms with Gasteiger partial charge in [-0.1, -0.05) is 19.8 Å². The van der Waals surface area contributed by atoms with Crippen LogP contribution in [0.5, 0.6) is 0 Å². The highest BCUT2D eigenvalue weighted by atomic mass is 31.2. The van der Waals surface area contributed by atoms with Crippen molar-refractivity contribution in [1.82, 2.24) is 0 Å². The normalized spacial score (nSPS) is 16.0. The van der Waals surface area contributed by atoms with Crippen LogP contribution >= 0.6 is 16.4 Å². The molecular weight excluding hydrogens is 186 g/mol. The van der Waals surface area contributed by atoms with E-state index >= 15 is 0 Å². The Bertz CT molecular complexity index is 143. The molecule has 0 aromatic carbocycles. The second kappa shape index (κ2) is 5.23. The molecule has 0 amide bonds. The van der Waals surface area contributed by atoms with Crippen LogP contribution in [0.1, 0.15) is 26.2 Å². The van der Waals surface area contributed by atoms with Crippen LogP contribution in [-0.4, -0.2) is 20.1 Å². The first-order chi connectivity index (χ1) is 5.02. The van der Waals surface area contributed by atoms with Crippen molar-refractivity contribution in [2.24, 2.45) is 0 Å². The Morgan fingerprint density at radius 1 is 1.55 bits per heavy atom. The van der Waals surface area contributed by atoms with Crippen LogP contribution in [0.2, 0.25) is 0 Å². The number of hydrogen-bond donors (Lipinski definition) is 3. The fourth-order valence-corrected chi connectivity index (χ4v) is 2.16. The number of hydrogen-bond acceptors (Lipinski definition) is 2. The molecule has 0 radical (unpaired) electrons. The van der Waals surface area contributed by atoms with Gasteiger partial charge in [0, 0.05) is 8.81 Å². The third-order valence-electron chi connectivity index (χ3n) is 1.39. The molecule has 0 saturated carbocycles. The Morgan fingerprint density at radius 2 is 2.09 bits per heavy atom. The van der Waals surface area contributed by atoms with E-state index in [2.05, 4.69) is 0 Å². The zero-order valence-electron chi connectivity index (χ0n) is 6.40. The van der Waals surface area contributed by atoms with E-state index in [4.69, 9.17) is 14.7 Å². The summed E-state index contributed by atoms with van der Waals surface area (Å²) in [4.78, 5) is 25.9. The molecule has 11 heavy (non-hydrogen) atoms. The molecule has 0 aliphatic heterocycles.